The number of fused-ring (bicyclic) bond motifs is 1. The first-order valence-corrected chi connectivity index (χ1v) is 8.61. The van der Waals surface area contributed by atoms with Gasteiger partial charge in [-0.15, -0.1) is 0 Å². The van der Waals surface area contributed by atoms with Gasteiger partial charge in [0.2, 0.25) is 0 Å². The predicted octanol–water partition coefficient (Wildman–Crippen LogP) is 3.35. The highest BCUT2D eigenvalue weighted by Crippen LogP contribution is 2.36. The van der Waals surface area contributed by atoms with Crippen LogP contribution in [0.15, 0.2) is 18.3 Å². The minimum Gasteiger partial charge on any atom is -0.358 e. The van der Waals surface area contributed by atoms with Gasteiger partial charge in [-0.3, -0.25) is 4.57 Å². The number of ether oxygens (including phenoxy) is 1. The van der Waals surface area contributed by atoms with Gasteiger partial charge in [-0.25, -0.2) is 9.97 Å². The lowest BCUT2D eigenvalue weighted by Crippen LogP contribution is -2.21. The average Bonchev–Trinajstić information content (AvgIpc) is 3.15. The number of thioether (sulfide) groups is 1. The zero-order valence-electron chi connectivity index (χ0n) is 11.5. The first kappa shape index (κ1) is 12.7. The van der Waals surface area contributed by atoms with Gasteiger partial charge in [0.1, 0.15) is 17.6 Å². The Labute approximate surface area is 122 Å². The number of pyridine rings is 1. The second kappa shape index (κ2) is 5.37. The largest absolute Gasteiger partial charge is 0.358 e. The van der Waals surface area contributed by atoms with Crippen molar-refractivity contribution in [2.24, 2.45) is 0 Å². The highest BCUT2D eigenvalue weighted by atomic mass is 32.2. The predicted molar refractivity (Wildman–Crippen MR) is 81.1 cm³/mol. The maximum absolute atomic E-state index is 6.01. The lowest BCUT2D eigenvalue weighted by molar-refractivity contribution is -0.0317. The van der Waals surface area contributed by atoms with Gasteiger partial charge in [0, 0.05) is 24.5 Å². The molecule has 2 aromatic heterocycles. The third-order valence-corrected chi connectivity index (χ3v) is 5.38. The number of aromatic nitrogens is 3. The Balaban J connectivity index is 1.83. The molecule has 0 N–H and O–H groups in total. The number of nitrogens with zero attached hydrogens (tertiary/aromatic N) is 3. The molecule has 0 aliphatic carbocycles. The van der Waals surface area contributed by atoms with Crippen LogP contribution in [-0.2, 0) is 4.74 Å². The second-order valence-corrected chi connectivity index (χ2v) is 6.72. The molecule has 4 nitrogen and oxygen atoms in total. The van der Waals surface area contributed by atoms with Crippen molar-refractivity contribution in [3.05, 3.63) is 24.2 Å². The molecular weight excluding hydrogens is 270 g/mol. The van der Waals surface area contributed by atoms with Crippen molar-refractivity contribution < 1.29 is 4.74 Å². The van der Waals surface area contributed by atoms with Crippen molar-refractivity contribution >= 4 is 22.9 Å². The van der Waals surface area contributed by atoms with Crippen LogP contribution in [0.1, 0.15) is 43.7 Å². The molecule has 0 spiro atoms. The zero-order chi connectivity index (χ0) is 13.4. The van der Waals surface area contributed by atoms with Crippen LogP contribution in [-0.4, -0.2) is 32.6 Å². The van der Waals surface area contributed by atoms with Crippen molar-refractivity contribution in [2.45, 2.75) is 37.8 Å². The summed E-state index contributed by atoms with van der Waals surface area (Å²) in [7, 11) is 0. The minimum absolute atomic E-state index is 0.129. The monoisotopic (exact) mass is 289 g/mol. The molecule has 2 aliphatic heterocycles. The molecule has 2 saturated heterocycles. The minimum atomic E-state index is 0.129. The summed E-state index contributed by atoms with van der Waals surface area (Å²) >= 11 is 2.03. The fourth-order valence-electron chi connectivity index (χ4n) is 3.18. The molecule has 2 atom stereocenters. The fraction of sp³-hybridized carbons (Fsp3) is 0.600. The Bertz CT molecular complexity index is 600. The van der Waals surface area contributed by atoms with Crippen LogP contribution in [0.4, 0.5) is 0 Å². The SMILES string of the molecule is c1cnc2c(c1)nc(C1CCSC1)n2C1CCCCO1. The van der Waals surface area contributed by atoms with E-state index in [9.17, 15) is 0 Å². The molecule has 5 heteroatoms. The van der Waals surface area contributed by atoms with Crippen LogP contribution in [0.2, 0.25) is 0 Å². The van der Waals surface area contributed by atoms with Crippen molar-refractivity contribution in [1.82, 2.24) is 14.5 Å². The summed E-state index contributed by atoms with van der Waals surface area (Å²) in [5.74, 6) is 4.17. The molecule has 0 radical (unpaired) electrons. The molecule has 0 aromatic carbocycles. The number of hydrogen-bond acceptors (Lipinski definition) is 4. The summed E-state index contributed by atoms with van der Waals surface area (Å²) < 4.78 is 8.29. The summed E-state index contributed by atoms with van der Waals surface area (Å²) in [6, 6.07) is 4.03. The quantitative estimate of drug-likeness (QED) is 0.850. The molecule has 4 heterocycles. The van der Waals surface area contributed by atoms with Crippen LogP contribution in [0.3, 0.4) is 0 Å². The van der Waals surface area contributed by atoms with Crippen LogP contribution in [0.5, 0.6) is 0 Å². The Morgan fingerprint density at radius 2 is 2.30 bits per heavy atom. The summed E-state index contributed by atoms with van der Waals surface area (Å²) in [5.41, 5.74) is 2.00. The van der Waals surface area contributed by atoms with Gasteiger partial charge < -0.3 is 4.74 Å². The highest BCUT2D eigenvalue weighted by molar-refractivity contribution is 7.99. The Hall–Kier alpha value is -1.07. The third-order valence-electron chi connectivity index (χ3n) is 4.21. The normalized spacial score (nSPS) is 27.2. The summed E-state index contributed by atoms with van der Waals surface area (Å²) in [5, 5.41) is 0. The molecule has 106 valence electrons. The molecule has 0 amide bonds. The Morgan fingerprint density at radius 3 is 3.10 bits per heavy atom. The maximum atomic E-state index is 6.01. The molecule has 2 aromatic rings. The zero-order valence-corrected chi connectivity index (χ0v) is 12.3. The molecule has 2 fully saturated rings. The topological polar surface area (TPSA) is 39.9 Å². The first-order valence-electron chi connectivity index (χ1n) is 7.45. The lowest BCUT2D eigenvalue weighted by atomic mass is 10.1. The maximum Gasteiger partial charge on any atom is 0.162 e. The average molecular weight is 289 g/mol. The van der Waals surface area contributed by atoms with Crippen molar-refractivity contribution in [2.75, 3.05) is 18.1 Å². The van der Waals surface area contributed by atoms with Gasteiger partial charge in [0.25, 0.3) is 0 Å². The van der Waals surface area contributed by atoms with Gasteiger partial charge in [0.05, 0.1) is 0 Å². The first-order chi connectivity index (χ1) is 9.93. The molecule has 2 aliphatic rings. The molecule has 0 saturated carbocycles. The van der Waals surface area contributed by atoms with Crippen LogP contribution in [0.25, 0.3) is 11.2 Å². The van der Waals surface area contributed by atoms with Crippen molar-refractivity contribution in [1.29, 1.82) is 0 Å². The van der Waals surface area contributed by atoms with Gasteiger partial charge >= 0.3 is 0 Å². The summed E-state index contributed by atoms with van der Waals surface area (Å²) in [4.78, 5) is 9.44. The van der Waals surface area contributed by atoms with Gasteiger partial charge in [-0.2, -0.15) is 11.8 Å². The summed E-state index contributed by atoms with van der Waals surface area (Å²) in [6.45, 7) is 0.857. The van der Waals surface area contributed by atoms with E-state index in [1.54, 1.807) is 0 Å². The standard InChI is InChI=1S/C15H19N3OS/c1-2-8-19-13(5-1)18-14(11-6-9-20-10-11)17-12-4-3-7-16-15(12)18/h3-4,7,11,13H,1-2,5-6,8-10H2. The van der Waals surface area contributed by atoms with Gasteiger partial charge in [-0.1, -0.05) is 0 Å². The van der Waals surface area contributed by atoms with E-state index in [1.165, 1.54) is 36.6 Å². The Morgan fingerprint density at radius 1 is 1.30 bits per heavy atom. The lowest BCUT2D eigenvalue weighted by Gasteiger charge is -2.26. The molecule has 4 rings (SSSR count). The smallest absolute Gasteiger partial charge is 0.162 e. The highest BCUT2D eigenvalue weighted by Gasteiger charge is 2.29. The van der Waals surface area contributed by atoms with E-state index >= 15 is 0 Å². The van der Waals surface area contributed by atoms with Crippen molar-refractivity contribution in [3.8, 4) is 0 Å². The van der Waals surface area contributed by atoms with E-state index in [1.807, 2.05) is 24.0 Å². The third kappa shape index (κ3) is 2.13. The van der Waals surface area contributed by atoms with E-state index in [0.29, 0.717) is 5.92 Å². The number of hydrogen-bond donors (Lipinski definition) is 0. The van der Waals surface area contributed by atoms with E-state index in [-0.39, 0.29) is 6.23 Å². The second-order valence-electron chi connectivity index (χ2n) is 5.57. The molecule has 20 heavy (non-hydrogen) atoms. The molecular formula is C15H19N3OS. The van der Waals surface area contributed by atoms with Gasteiger partial charge in [-0.05, 0) is 43.6 Å². The van der Waals surface area contributed by atoms with E-state index in [0.717, 1.165) is 24.2 Å². The summed E-state index contributed by atoms with van der Waals surface area (Å²) in [6.07, 6.45) is 6.69. The van der Waals surface area contributed by atoms with Crippen LogP contribution >= 0.6 is 11.8 Å². The Kier molecular flexibility index (Phi) is 3.40. The van der Waals surface area contributed by atoms with Crippen LogP contribution < -0.4 is 0 Å². The van der Waals surface area contributed by atoms with Gasteiger partial charge in [0.15, 0.2) is 5.65 Å². The fourth-order valence-corrected chi connectivity index (χ4v) is 4.40. The number of imidazole rings is 1. The molecule has 0 bridgehead atoms. The van der Waals surface area contributed by atoms with Crippen LogP contribution in [0, 0.1) is 0 Å². The van der Waals surface area contributed by atoms with Crippen molar-refractivity contribution in [3.63, 3.8) is 0 Å². The van der Waals surface area contributed by atoms with E-state index in [2.05, 4.69) is 15.6 Å². The number of rotatable bonds is 2. The van der Waals surface area contributed by atoms with E-state index < -0.39 is 0 Å². The molecule has 2 unspecified atom stereocenters. The van der Waals surface area contributed by atoms with E-state index in [4.69, 9.17) is 9.72 Å².